The summed E-state index contributed by atoms with van der Waals surface area (Å²) < 4.78 is 19.0. The van der Waals surface area contributed by atoms with Crippen LogP contribution in [0, 0.1) is 0 Å². The average Bonchev–Trinajstić information content (AvgIpc) is 2.41. The third kappa shape index (κ3) is 4.39. The van der Waals surface area contributed by atoms with Crippen LogP contribution in [0.5, 0.6) is 5.75 Å². The monoisotopic (exact) mass is 353 g/mol. The standard InChI is InChI=1S/C15H17BrNO2P/c1-3-12-4-10-15(11-5-12)19-20(2,18)17-14-8-6-13(16)7-9-14/h4-11H,3H2,1-2H3,(H,17,18)/t20-/m1/s1. The highest BCUT2D eigenvalue weighted by atomic mass is 79.9. The molecule has 0 spiro atoms. The smallest absolute Gasteiger partial charge is 0.338 e. The van der Waals surface area contributed by atoms with Crippen LogP contribution in [0.2, 0.25) is 0 Å². The molecule has 0 fully saturated rings. The molecular weight excluding hydrogens is 337 g/mol. The third-order valence-corrected chi connectivity index (χ3v) is 4.54. The van der Waals surface area contributed by atoms with Gasteiger partial charge in [-0.05, 0) is 48.4 Å². The Morgan fingerprint density at radius 1 is 1.10 bits per heavy atom. The van der Waals surface area contributed by atoms with E-state index in [0.29, 0.717) is 5.75 Å². The normalized spacial score (nSPS) is 13.6. The summed E-state index contributed by atoms with van der Waals surface area (Å²) >= 11 is 3.36. The second-order valence-electron chi connectivity index (χ2n) is 4.55. The van der Waals surface area contributed by atoms with Crippen LogP contribution in [0.3, 0.4) is 0 Å². The molecule has 0 saturated carbocycles. The molecule has 2 rings (SSSR count). The first-order valence-corrected chi connectivity index (χ1v) is 9.25. The topological polar surface area (TPSA) is 38.3 Å². The fourth-order valence-corrected chi connectivity index (χ4v) is 3.22. The predicted octanol–water partition coefficient (Wildman–Crippen LogP) is 5.33. The lowest BCUT2D eigenvalue weighted by Crippen LogP contribution is -2.02. The molecule has 0 aliphatic heterocycles. The fourth-order valence-electron chi connectivity index (χ4n) is 1.77. The summed E-state index contributed by atoms with van der Waals surface area (Å²) in [5, 5.41) is 2.94. The molecule has 1 atom stereocenters. The fraction of sp³-hybridized carbons (Fsp3) is 0.200. The lowest BCUT2D eigenvalue weighted by atomic mass is 10.2. The van der Waals surface area contributed by atoms with Gasteiger partial charge in [0.1, 0.15) is 5.75 Å². The molecule has 0 heterocycles. The molecule has 2 aromatic carbocycles. The molecule has 0 radical (unpaired) electrons. The number of benzene rings is 2. The van der Waals surface area contributed by atoms with Crippen molar-refractivity contribution in [1.29, 1.82) is 0 Å². The van der Waals surface area contributed by atoms with Crippen molar-refractivity contribution in [1.82, 2.24) is 0 Å². The van der Waals surface area contributed by atoms with E-state index in [-0.39, 0.29) is 0 Å². The lowest BCUT2D eigenvalue weighted by molar-refractivity contribution is 0.493. The Morgan fingerprint density at radius 2 is 1.70 bits per heavy atom. The third-order valence-electron chi connectivity index (χ3n) is 2.79. The molecule has 0 aliphatic rings. The van der Waals surface area contributed by atoms with Gasteiger partial charge in [-0.15, -0.1) is 0 Å². The Morgan fingerprint density at radius 3 is 2.25 bits per heavy atom. The van der Waals surface area contributed by atoms with Crippen LogP contribution >= 0.6 is 23.4 Å². The van der Waals surface area contributed by atoms with Gasteiger partial charge in [0.15, 0.2) is 0 Å². The summed E-state index contributed by atoms with van der Waals surface area (Å²) in [6, 6.07) is 15.1. The summed E-state index contributed by atoms with van der Waals surface area (Å²) in [5.74, 6) is 0.609. The maximum absolute atomic E-state index is 12.4. The first kappa shape index (κ1) is 15.1. The van der Waals surface area contributed by atoms with E-state index in [9.17, 15) is 4.57 Å². The highest BCUT2D eigenvalue weighted by Crippen LogP contribution is 2.43. The number of anilines is 1. The van der Waals surface area contributed by atoms with Gasteiger partial charge in [-0.2, -0.15) is 0 Å². The summed E-state index contributed by atoms with van der Waals surface area (Å²) in [5.41, 5.74) is 1.99. The van der Waals surface area contributed by atoms with Gasteiger partial charge in [-0.3, -0.25) is 4.57 Å². The van der Waals surface area contributed by atoms with E-state index in [2.05, 4.69) is 27.9 Å². The van der Waals surface area contributed by atoms with Gasteiger partial charge in [-0.25, -0.2) is 0 Å². The van der Waals surface area contributed by atoms with Crippen molar-refractivity contribution in [2.45, 2.75) is 13.3 Å². The maximum atomic E-state index is 12.4. The van der Waals surface area contributed by atoms with Crippen molar-refractivity contribution >= 4 is 29.1 Å². The molecule has 3 nitrogen and oxygen atoms in total. The molecule has 5 heteroatoms. The van der Waals surface area contributed by atoms with E-state index < -0.39 is 7.52 Å². The van der Waals surface area contributed by atoms with Crippen molar-refractivity contribution in [3.63, 3.8) is 0 Å². The average molecular weight is 354 g/mol. The molecule has 0 amide bonds. The molecular formula is C15H17BrNO2P. The Balaban J connectivity index is 2.06. The zero-order valence-electron chi connectivity index (χ0n) is 11.5. The minimum Gasteiger partial charge on any atom is -0.429 e. The number of hydrogen-bond acceptors (Lipinski definition) is 2. The van der Waals surface area contributed by atoms with E-state index in [1.54, 1.807) is 6.66 Å². The zero-order chi connectivity index (χ0) is 14.6. The van der Waals surface area contributed by atoms with Crippen LogP contribution in [0.25, 0.3) is 0 Å². The van der Waals surface area contributed by atoms with Crippen molar-refractivity contribution in [2.75, 3.05) is 11.8 Å². The van der Waals surface area contributed by atoms with Crippen LogP contribution in [0.1, 0.15) is 12.5 Å². The Kier molecular flexibility index (Phi) is 4.90. The van der Waals surface area contributed by atoms with Crippen LogP contribution in [-0.2, 0) is 11.0 Å². The molecule has 106 valence electrons. The molecule has 20 heavy (non-hydrogen) atoms. The molecule has 0 aromatic heterocycles. The highest BCUT2D eigenvalue weighted by molar-refractivity contribution is 9.10. The van der Waals surface area contributed by atoms with Crippen molar-refractivity contribution in [3.05, 3.63) is 58.6 Å². The van der Waals surface area contributed by atoms with E-state index >= 15 is 0 Å². The second kappa shape index (κ2) is 6.47. The number of hydrogen-bond donors (Lipinski definition) is 1. The van der Waals surface area contributed by atoms with Gasteiger partial charge in [0.05, 0.1) is 0 Å². The molecule has 0 unspecified atom stereocenters. The first-order chi connectivity index (χ1) is 9.48. The van der Waals surface area contributed by atoms with E-state index in [4.69, 9.17) is 4.52 Å². The predicted molar refractivity (Wildman–Crippen MR) is 87.7 cm³/mol. The lowest BCUT2D eigenvalue weighted by Gasteiger charge is -2.17. The quantitative estimate of drug-likeness (QED) is 0.738. The number of halogens is 1. The van der Waals surface area contributed by atoms with Crippen LogP contribution in [0.15, 0.2) is 53.0 Å². The van der Waals surface area contributed by atoms with E-state index in [0.717, 1.165) is 16.6 Å². The van der Waals surface area contributed by atoms with Gasteiger partial charge in [0.25, 0.3) is 0 Å². The van der Waals surface area contributed by atoms with Gasteiger partial charge < -0.3 is 9.61 Å². The minimum absolute atomic E-state index is 0.609. The molecule has 0 bridgehead atoms. The number of rotatable bonds is 5. The zero-order valence-corrected chi connectivity index (χ0v) is 13.9. The largest absolute Gasteiger partial charge is 0.429 e. The van der Waals surface area contributed by atoms with Crippen LogP contribution in [-0.4, -0.2) is 6.66 Å². The maximum Gasteiger partial charge on any atom is 0.338 e. The summed E-state index contributed by atoms with van der Waals surface area (Å²) in [4.78, 5) is 0. The van der Waals surface area contributed by atoms with Gasteiger partial charge >= 0.3 is 7.52 Å². The van der Waals surface area contributed by atoms with Crippen molar-refractivity contribution in [3.8, 4) is 5.75 Å². The minimum atomic E-state index is -2.94. The molecule has 0 saturated heterocycles. The molecule has 1 N–H and O–H groups in total. The highest BCUT2D eigenvalue weighted by Gasteiger charge is 2.17. The Bertz CT molecular complexity index is 611. The van der Waals surface area contributed by atoms with Crippen molar-refractivity contribution < 1.29 is 9.09 Å². The summed E-state index contributed by atoms with van der Waals surface area (Å²) in [6.45, 7) is 3.67. The molecule has 2 aromatic rings. The first-order valence-electron chi connectivity index (χ1n) is 6.38. The van der Waals surface area contributed by atoms with Crippen molar-refractivity contribution in [2.24, 2.45) is 0 Å². The number of aryl methyl sites for hydroxylation is 1. The van der Waals surface area contributed by atoms with E-state index in [1.807, 2.05) is 48.5 Å². The summed E-state index contributed by atoms with van der Waals surface area (Å²) in [7, 11) is -2.94. The van der Waals surface area contributed by atoms with Gasteiger partial charge in [0.2, 0.25) is 0 Å². The number of nitrogens with one attached hydrogen (secondary N) is 1. The van der Waals surface area contributed by atoms with Gasteiger partial charge in [0, 0.05) is 16.8 Å². The van der Waals surface area contributed by atoms with Crippen LogP contribution < -0.4 is 9.61 Å². The van der Waals surface area contributed by atoms with Crippen LogP contribution in [0.4, 0.5) is 5.69 Å². The van der Waals surface area contributed by atoms with Gasteiger partial charge in [-0.1, -0.05) is 35.0 Å². The summed E-state index contributed by atoms with van der Waals surface area (Å²) in [6.07, 6.45) is 0.973. The second-order valence-corrected chi connectivity index (χ2v) is 7.57. The Hall–Kier alpha value is -1.25. The molecule has 0 aliphatic carbocycles. The van der Waals surface area contributed by atoms with E-state index in [1.165, 1.54) is 5.56 Å². The SMILES string of the molecule is CCc1ccc(O[P@@](C)(=O)Nc2ccc(Br)cc2)cc1. The Labute approximate surface area is 128 Å².